The number of rotatable bonds is 6. The molecule has 0 aromatic heterocycles. The van der Waals surface area contributed by atoms with Gasteiger partial charge in [0.1, 0.15) is 11.5 Å². The molecule has 1 rings (SSSR count). The first-order chi connectivity index (χ1) is 7.18. The first-order valence-corrected chi connectivity index (χ1v) is 5.25. The van der Waals surface area contributed by atoms with Crippen molar-refractivity contribution in [1.29, 1.82) is 0 Å². The van der Waals surface area contributed by atoms with Crippen molar-refractivity contribution in [3.05, 3.63) is 24.3 Å². The molecular formula is C12H19NO2. The van der Waals surface area contributed by atoms with Crippen molar-refractivity contribution in [2.75, 3.05) is 27.2 Å². The SMILES string of the molecule is CN(C)CCCCOc1cccc(O)c1. The van der Waals surface area contributed by atoms with E-state index in [0.717, 1.165) is 25.1 Å². The second-order valence-electron chi connectivity index (χ2n) is 3.86. The number of aromatic hydroxyl groups is 1. The van der Waals surface area contributed by atoms with E-state index in [4.69, 9.17) is 4.74 Å². The first kappa shape index (κ1) is 11.9. The van der Waals surface area contributed by atoms with Gasteiger partial charge in [-0.3, -0.25) is 0 Å². The van der Waals surface area contributed by atoms with E-state index in [9.17, 15) is 5.11 Å². The Balaban J connectivity index is 2.15. The Hall–Kier alpha value is -1.22. The van der Waals surface area contributed by atoms with E-state index in [0.29, 0.717) is 6.61 Å². The largest absolute Gasteiger partial charge is 0.508 e. The highest BCUT2D eigenvalue weighted by Crippen LogP contribution is 2.17. The maximum absolute atomic E-state index is 9.20. The molecule has 0 heterocycles. The highest BCUT2D eigenvalue weighted by Gasteiger charge is 1.95. The third-order valence-electron chi connectivity index (χ3n) is 2.09. The van der Waals surface area contributed by atoms with Gasteiger partial charge in [-0.25, -0.2) is 0 Å². The van der Waals surface area contributed by atoms with Crippen LogP contribution in [0.2, 0.25) is 0 Å². The summed E-state index contributed by atoms with van der Waals surface area (Å²) in [7, 11) is 4.13. The molecule has 3 heteroatoms. The number of hydrogen-bond acceptors (Lipinski definition) is 3. The number of unbranched alkanes of at least 4 members (excludes halogenated alkanes) is 1. The van der Waals surface area contributed by atoms with Gasteiger partial charge in [-0.15, -0.1) is 0 Å². The quantitative estimate of drug-likeness (QED) is 0.728. The van der Waals surface area contributed by atoms with Crippen LogP contribution in [0, 0.1) is 0 Å². The summed E-state index contributed by atoms with van der Waals surface area (Å²) in [6.07, 6.45) is 2.17. The smallest absolute Gasteiger partial charge is 0.122 e. The molecular weight excluding hydrogens is 190 g/mol. The molecule has 84 valence electrons. The lowest BCUT2D eigenvalue weighted by molar-refractivity contribution is 0.292. The van der Waals surface area contributed by atoms with Crippen LogP contribution in [-0.4, -0.2) is 37.3 Å². The summed E-state index contributed by atoms with van der Waals surface area (Å²) in [6.45, 7) is 1.79. The summed E-state index contributed by atoms with van der Waals surface area (Å²) in [4.78, 5) is 2.16. The standard InChI is InChI=1S/C12H19NO2/c1-13(2)8-3-4-9-15-12-7-5-6-11(14)10-12/h5-7,10,14H,3-4,8-9H2,1-2H3. The van der Waals surface area contributed by atoms with Crippen LogP contribution in [0.1, 0.15) is 12.8 Å². The van der Waals surface area contributed by atoms with Crippen LogP contribution in [0.5, 0.6) is 11.5 Å². The lowest BCUT2D eigenvalue weighted by Gasteiger charge is -2.09. The Morgan fingerprint density at radius 3 is 2.73 bits per heavy atom. The maximum Gasteiger partial charge on any atom is 0.122 e. The van der Waals surface area contributed by atoms with Gasteiger partial charge in [-0.2, -0.15) is 0 Å². The zero-order chi connectivity index (χ0) is 11.1. The fraction of sp³-hybridized carbons (Fsp3) is 0.500. The van der Waals surface area contributed by atoms with E-state index in [1.54, 1.807) is 18.2 Å². The molecule has 1 aromatic carbocycles. The Bertz CT molecular complexity index is 287. The van der Waals surface area contributed by atoms with Gasteiger partial charge in [0.05, 0.1) is 6.61 Å². The summed E-state index contributed by atoms with van der Waals surface area (Å²) >= 11 is 0. The zero-order valence-corrected chi connectivity index (χ0v) is 9.44. The van der Waals surface area contributed by atoms with Gasteiger partial charge in [0, 0.05) is 6.07 Å². The average molecular weight is 209 g/mol. The van der Waals surface area contributed by atoms with Crippen molar-refractivity contribution in [3.8, 4) is 11.5 Å². The molecule has 0 unspecified atom stereocenters. The molecule has 1 N–H and O–H groups in total. The van der Waals surface area contributed by atoms with Gasteiger partial charge in [0.25, 0.3) is 0 Å². The molecule has 0 aliphatic carbocycles. The third kappa shape index (κ3) is 5.27. The molecule has 0 saturated heterocycles. The van der Waals surface area contributed by atoms with E-state index >= 15 is 0 Å². The van der Waals surface area contributed by atoms with E-state index < -0.39 is 0 Å². The van der Waals surface area contributed by atoms with Crippen molar-refractivity contribution < 1.29 is 9.84 Å². The maximum atomic E-state index is 9.20. The number of hydrogen-bond donors (Lipinski definition) is 1. The minimum absolute atomic E-state index is 0.251. The molecule has 0 bridgehead atoms. The molecule has 0 aliphatic heterocycles. The first-order valence-electron chi connectivity index (χ1n) is 5.25. The Kier molecular flexibility index (Phi) is 4.98. The van der Waals surface area contributed by atoms with E-state index in [-0.39, 0.29) is 5.75 Å². The summed E-state index contributed by atoms with van der Waals surface area (Å²) < 4.78 is 5.49. The third-order valence-corrected chi connectivity index (χ3v) is 2.09. The van der Waals surface area contributed by atoms with Crippen LogP contribution in [0.4, 0.5) is 0 Å². The van der Waals surface area contributed by atoms with Gasteiger partial charge in [0.15, 0.2) is 0 Å². The number of phenols is 1. The Morgan fingerprint density at radius 1 is 1.27 bits per heavy atom. The predicted octanol–water partition coefficient (Wildman–Crippen LogP) is 2.11. The lowest BCUT2D eigenvalue weighted by Crippen LogP contribution is -2.13. The second-order valence-corrected chi connectivity index (χ2v) is 3.86. The second kappa shape index (κ2) is 6.30. The topological polar surface area (TPSA) is 32.7 Å². The van der Waals surface area contributed by atoms with E-state index in [1.165, 1.54) is 0 Å². The van der Waals surface area contributed by atoms with Crippen LogP contribution in [0.25, 0.3) is 0 Å². The monoisotopic (exact) mass is 209 g/mol. The lowest BCUT2D eigenvalue weighted by atomic mass is 10.3. The number of ether oxygens (including phenoxy) is 1. The molecule has 0 fully saturated rings. The molecule has 0 saturated carbocycles. The zero-order valence-electron chi connectivity index (χ0n) is 9.44. The Morgan fingerprint density at radius 2 is 2.07 bits per heavy atom. The van der Waals surface area contributed by atoms with Gasteiger partial charge in [0.2, 0.25) is 0 Å². The molecule has 0 atom stereocenters. The number of benzene rings is 1. The van der Waals surface area contributed by atoms with Gasteiger partial charge in [-0.1, -0.05) is 6.07 Å². The highest BCUT2D eigenvalue weighted by atomic mass is 16.5. The Labute approximate surface area is 91.3 Å². The van der Waals surface area contributed by atoms with Crippen molar-refractivity contribution in [2.45, 2.75) is 12.8 Å². The summed E-state index contributed by atoms with van der Waals surface area (Å²) in [6, 6.07) is 6.90. The van der Waals surface area contributed by atoms with Gasteiger partial charge >= 0.3 is 0 Å². The normalized spacial score (nSPS) is 10.6. The van der Waals surface area contributed by atoms with Crippen LogP contribution in [-0.2, 0) is 0 Å². The van der Waals surface area contributed by atoms with Gasteiger partial charge in [-0.05, 0) is 45.6 Å². The van der Waals surface area contributed by atoms with E-state index in [1.807, 2.05) is 6.07 Å². The molecule has 3 nitrogen and oxygen atoms in total. The van der Waals surface area contributed by atoms with Crippen LogP contribution >= 0.6 is 0 Å². The van der Waals surface area contributed by atoms with Crippen molar-refractivity contribution in [2.24, 2.45) is 0 Å². The highest BCUT2D eigenvalue weighted by molar-refractivity contribution is 5.31. The van der Waals surface area contributed by atoms with Crippen LogP contribution in [0.15, 0.2) is 24.3 Å². The van der Waals surface area contributed by atoms with Crippen LogP contribution < -0.4 is 4.74 Å². The van der Waals surface area contributed by atoms with Crippen LogP contribution in [0.3, 0.4) is 0 Å². The predicted molar refractivity (Wildman–Crippen MR) is 61.4 cm³/mol. The summed E-state index contributed by atoms with van der Waals surface area (Å²) in [5.41, 5.74) is 0. The molecule has 15 heavy (non-hydrogen) atoms. The van der Waals surface area contributed by atoms with E-state index in [2.05, 4.69) is 19.0 Å². The number of phenolic OH excluding ortho intramolecular Hbond substituents is 1. The van der Waals surface area contributed by atoms with Crippen molar-refractivity contribution >= 4 is 0 Å². The average Bonchev–Trinajstić information content (AvgIpc) is 2.17. The van der Waals surface area contributed by atoms with Crippen molar-refractivity contribution in [1.82, 2.24) is 4.90 Å². The fourth-order valence-electron chi connectivity index (χ4n) is 1.29. The minimum Gasteiger partial charge on any atom is -0.508 e. The summed E-state index contributed by atoms with van der Waals surface area (Å²) in [5, 5.41) is 9.20. The summed E-state index contributed by atoms with van der Waals surface area (Å²) in [5.74, 6) is 0.987. The molecule has 0 radical (unpaired) electrons. The molecule has 0 amide bonds. The molecule has 0 aliphatic rings. The number of nitrogens with zero attached hydrogens (tertiary/aromatic N) is 1. The minimum atomic E-state index is 0.251. The van der Waals surface area contributed by atoms with Crippen molar-refractivity contribution in [3.63, 3.8) is 0 Å². The van der Waals surface area contributed by atoms with Gasteiger partial charge < -0.3 is 14.7 Å². The fourth-order valence-corrected chi connectivity index (χ4v) is 1.29. The molecule has 1 aromatic rings. The molecule has 0 spiro atoms.